The van der Waals surface area contributed by atoms with E-state index in [0.717, 1.165) is 19.6 Å². The van der Waals surface area contributed by atoms with Gasteiger partial charge in [0.1, 0.15) is 5.82 Å². The highest BCUT2D eigenvalue weighted by molar-refractivity contribution is 7.11. The molecule has 0 spiro atoms. The van der Waals surface area contributed by atoms with Crippen molar-refractivity contribution in [3.63, 3.8) is 0 Å². The number of thiophene rings is 1. The molecule has 1 aromatic heterocycles. The van der Waals surface area contributed by atoms with Crippen LogP contribution in [0, 0.1) is 23.6 Å². The molecule has 2 saturated heterocycles. The molecule has 2 aliphatic heterocycles. The van der Waals surface area contributed by atoms with Crippen molar-refractivity contribution in [2.45, 2.75) is 32.7 Å². The number of likely N-dealkylation sites (tertiary alicyclic amines) is 1. The normalized spacial score (nSPS) is 22.7. The Balaban J connectivity index is 1.12. The first-order valence-corrected chi connectivity index (χ1v) is 15.1. The summed E-state index contributed by atoms with van der Waals surface area (Å²) in [5.74, 6) is 1.15. The summed E-state index contributed by atoms with van der Waals surface area (Å²) < 4.78 is 26.4. The van der Waals surface area contributed by atoms with Crippen molar-refractivity contribution in [2.24, 2.45) is 17.8 Å². The number of ether oxygens (including phenoxy) is 2. The predicted octanol–water partition coefficient (Wildman–Crippen LogP) is 6.40. The number of amides is 1. The summed E-state index contributed by atoms with van der Waals surface area (Å²) in [6.07, 6.45) is -0.457. The zero-order valence-electron chi connectivity index (χ0n) is 23.5. The zero-order chi connectivity index (χ0) is 27.9. The molecule has 0 radical (unpaired) electrons. The molecule has 40 heavy (non-hydrogen) atoms. The average molecular weight is 564 g/mol. The second kappa shape index (κ2) is 11.1. The quantitative estimate of drug-likeness (QED) is 0.333. The van der Waals surface area contributed by atoms with Gasteiger partial charge in [-0.05, 0) is 70.0 Å². The van der Waals surface area contributed by atoms with Crippen molar-refractivity contribution in [3.05, 3.63) is 76.9 Å². The van der Waals surface area contributed by atoms with Crippen molar-refractivity contribution in [2.75, 3.05) is 55.7 Å². The number of halogens is 1. The molecule has 1 amide bonds. The molecule has 8 heteroatoms. The van der Waals surface area contributed by atoms with Gasteiger partial charge in [0, 0.05) is 39.3 Å². The number of anilines is 2. The van der Waals surface area contributed by atoms with Crippen LogP contribution in [0.15, 0.2) is 60.0 Å². The molecule has 6 nitrogen and oxygen atoms in total. The monoisotopic (exact) mass is 563 g/mol. The molecule has 2 atom stereocenters. The smallest absolute Gasteiger partial charge is 0.399 e. The molecule has 212 valence electrons. The Morgan fingerprint density at radius 1 is 1.07 bits per heavy atom. The highest BCUT2D eigenvalue weighted by Crippen LogP contribution is 2.52. The van der Waals surface area contributed by atoms with Crippen molar-refractivity contribution in [3.8, 4) is 5.06 Å². The SMILES string of the molecule is CC(C)(C)c1ccc(CN2CC3C(C2)C3CN(C(=O)Oc2cccs2)c2ccc(N3CCOCC3)c(F)c2)cc1. The van der Waals surface area contributed by atoms with E-state index in [-0.39, 0.29) is 11.2 Å². The molecule has 0 bridgehead atoms. The average Bonchev–Trinajstić information content (AvgIpc) is 3.28. The third-order valence-electron chi connectivity index (χ3n) is 8.56. The minimum atomic E-state index is -0.457. The summed E-state index contributed by atoms with van der Waals surface area (Å²) in [6.45, 7) is 12.7. The third-order valence-corrected chi connectivity index (χ3v) is 9.31. The largest absolute Gasteiger partial charge is 0.420 e. The summed E-state index contributed by atoms with van der Waals surface area (Å²) in [5.41, 5.74) is 3.93. The Bertz CT molecular complexity index is 1310. The van der Waals surface area contributed by atoms with Crippen LogP contribution in [0.25, 0.3) is 0 Å². The Morgan fingerprint density at radius 3 is 2.42 bits per heavy atom. The number of nitrogens with zero attached hydrogens (tertiary/aromatic N) is 3. The van der Waals surface area contributed by atoms with Crippen molar-refractivity contribution < 1.29 is 18.7 Å². The lowest BCUT2D eigenvalue weighted by molar-refractivity contribution is 0.122. The van der Waals surface area contributed by atoms with Crippen LogP contribution >= 0.6 is 11.3 Å². The van der Waals surface area contributed by atoms with E-state index in [1.165, 1.54) is 28.5 Å². The summed E-state index contributed by atoms with van der Waals surface area (Å²) in [4.78, 5) is 19.5. The van der Waals surface area contributed by atoms with Crippen molar-refractivity contribution >= 4 is 28.8 Å². The fourth-order valence-corrected chi connectivity index (χ4v) is 6.76. The van der Waals surface area contributed by atoms with Gasteiger partial charge >= 0.3 is 6.09 Å². The molecule has 2 unspecified atom stereocenters. The van der Waals surface area contributed by atoms with E-state index in [4.69, 9.17) is 9.47 Å². The van der Waals surface area contributed by atoms with Gasteiger partial charge in [0.25, 0.3) is 0 Å². The number of hydrogen-bond donors (Lipinski definition) is 0. The number of hydrogen-bond acceptors (Lipinski definition) is 6. The second-order valence-corrected chi connectivity index (χ2v) is 13.2. The molecular formula is C32H38FN3O3S. The molecule has 3 fully saturated rings. The van der Waals surface area contributed by atoms with Gasteiger partial charge in [-0.2, -0.15) is 0 Å². The van der Waals surface area contributed by atoms with Crippen molar-refractivity contribution in [1.82, 2.24) is 4.90 Å². The van der Waals surface area contributed by atoms with E-state index in [0.29, 0.717) is 67.0 Å². The highest BCUT2D eigenvalue weighted by Gasteiger charge is 2.56. The lowest BCUT2D eigenvalue weighted by Gasteiger charge is -2.30. The fourth-order valence-electron chi connectivity index (χ4n) is 6.19. The Labute approximate surface area is 240 Å². The molecule has 1 aliphatic carbocycles. The molecule has 6 rings (SSSR count). The number of rotatable bonds is 7. The van der Waals surface area contributed by atoms with Crippen LogP contribution in [0.1, 0.15) is 31.9 Å². The third kappa shape index (κ3) is 5.90. The van der Waals surface area contributed by atoms with E-state index >= 15 is 4.39 Å². The van der Waals surface area contributed by atoms with Gasteiger partial charge in [0.15, 0.2) is 5.06 Å². The molecule has 2 aromatic carbocycles. The van der Waals surface area contributed by atoms with Crippen LogP contribution in [-0.4, -0.2) is 56.9 Å². The number of piperidine rings is 1. The zero-order valence-corrected chi connectivity index (χ0v) is 24.3. The first-order valence-electron chi connectivity index (χ1n) is 14.2. The maximum Gasteiger partial charge on any atom is 0.420 e. The van der Waals surface area contributed by atoms with Crippen LogP contribution < -0.4 is 14.5 Å². The molecule has 1 saturated carbocycles. The fraction of sp³-hybridized carbons (Fsp3) is 0.469. The minimum absolute atomic E-state index is 0.156. The number of carbonyl (C=O) groups excluding carboxylic acids is 1. The Hall–Kier alpha value is -2.94. The topological polar surface area (TPSA) is 45.2 Å². The lowest BCUT2D eigenvalue weighted by atomic mass is 9.87. The molecule has 0 N–H and O–H groups in total. The van der Waals surface area contributed by atoms with Gasteiger partial charge in [-0.25, -0.2) is 9.18 Å². The maximum atomic E-state index is 15.3. The summed E-state index contributed by atoms with van der Waals surface area (Å²) >= 11 is 1.37. The summed E-state index contributed by atoms with van der Waals surface area (Å²) in [7, 11) is 0. The number of carbonyl (C=O) groups is 1. The van der Waals surface area contributed by atoms with Gasteiger partial charge in [0.05, 0.1) is 24.6 Å². The predicted molar refractivity (Wildman–Crippen MR) is 158 cm³/mol. The summed E-state index contributed by atoms with van der Waals surface area (Å²) in [5, 5.41) is 2.42. The van der Waals surface area contributed by atoms with E-state index in [2.05, 4.69) is 49.9 Å². The number of morpholine rings is 1. The van der Waals surface area contributed by atoms with Crippen LogP contribution in [0.2, 0.25) is 0 Å². The van der Waals surface area contributed by atoms with Gasteiger partial charge < -0.3 is 14.4 Å². The maximum absolute atomic E-state index is 15.3. The van der Waals surface area contributed by atoms with Gasteiger partial charge in [-0.1, -0.05) is 45.0 Å². The first-order chi connectivity index (χ1) is 19.3. The van der Waals surface area contributed by atoms with Crippen LogP contribution in [0.3, 0.4) is 0 Å². The molecule has 3 aliphatic rings. The highest BCUT2D eigenvalue weighted by atomic mass is 32.1. The van der Waals surface area contributed by atoms with Gasteiger partial charge in [0.2, 0.25) is 0 Å². The Kier molecular flexibility index (Phi) is 7.59. The lowest BCUT2D eigenvalue weighted by Crippen LogP contribution is -2.38. The first kappa shape index (κ1) is 27.2. The van der Waals surface area contributed by atoms with Gasteiger partial charge in [-0.15, -0.1) is 11.3 Å². The van der Waals surface area contributed by atoms with E-state index < -0.39 is 6.09 Å². The standard InChI is InChI=1S/C32H38FN3O3S/c1-32(2,3)23-8-6-22(7-9-23)18-34-19-25-26(20-34)27(25)21-36(31(37)39-30-5-4-16-40-30)24-10-11-29(28(33)17-24)35-12-14-38-15-13-35/h4-11,16-17,25-27H,12-15,18-21H2,1-3H3. The number of benzene rings is 2. The van der Waals surface area contributed by atoms with E-state index in [1.807, 2.05) is 22.4 Å². The Morgan fingerprint density at radius 2 is 1.80 bits per heavy atom. The van der Waals surface area contributed by atoms with Crippen LogP contribution in [-0.2, 0) is 16.7 Å². The van der Waals surface area contributed by atoms with Crippen molar-refractivity contribution in [1.29, 1.82) is 0 Å². The second-order valence-electron chi connectivity index (χ2n) is 12.3. The number of fused-ring (bicyclic) bond motifs is 1. The molecule has 3 heterocycles. The molecule has 3 aromatic rings. The van der Waals surface area contributed by atoms with E-state index in [1.54, 1.807) is 17.0 Å². The molecular weight excluding hydrogens is 525 g/mol. The minimum Gasteiger partial charge on any atom is -0.399 e. The summed E-state index contributed by atoms with van der Waals surface area (Å²) in [6, 6.07) is 17.7. The van der Waals surface area contributed by atoms with Gasteiger partial charge in [-0.3, -0.25) is 9.80 Å². The van der Waals surface area contributed by atoms with Crippen LogP contribution in [0.5, 0.6) is 5.06 Å². The van der Waals surface area contributed by atoms with E-state index in [9.17, 15) is 4.79 Å². The van der Waals surface area contributed by atoms with Crippen LogP contribution in [0.4, 0.5) is 20.6 Å².